The smallest absolute Gasteiger partial charge is 0.255 e. The molecule has 0 saturated heterocycles. The van der Waals surface area contributed by atoms with E-state index in [0.29, 0.717) is 13.0 Å². The molecular formula is C12H17NO3. The molecule has 0 aliphatic heterocycles. The van der Waals surface area contributed by atoms with Crippen molar-refractivity contribution in [2.45, 2.75) is 19.8 Å². The first-order chi connectivity index (χ1) is 7.69. The number of aliphatic hydroxyl groups excluding tert-OH is 1. The second-order valence-electron chi connectivity index (χ2n) is 3.54. The number of aliphatic hydroxyl groups is 1. The molecule has 0 aromatic heterocycles. The minimum Gasteiger partial charge on any atom is -0.507 e. The molecule has 0 unspecified atom stereocenters. The van der Waals surface area contributed by atoms with Gasteiger partial charge < -0.3 is 15.5 Å². The zero-order valence-corrected chi connectivity index (χ0v) is 9.36. The van der Waals surface area contributed by atoms with E-state index in [0.717, 1.165) is 12.0 Å². The van der Waals surface area contributed by atoms with E-state index >= 15 is 0 Å². The fourth-order valence-corrected chi connectivity index (χ4v) is 1.36. The number of hydrogen-bond donors (Lipinski definition) is 3. The SMILES string of the molecule is CCc1ccc(O)c(C(=O)NCCCO)c1. The molecule has 0 radical (unpaired) electrons. The summed E-state index contributed by atoms with van der Waals surface area (Å²) in [6, 6.07) is 5.00. The molecule has 1 rings (SSSR count). The van der Waals surface area contributed by atoms with E-state index in [2.05, 4.69) is 5.32 Å². The lowest BCUT2D eigenvalue weighted by Gasteiger charge is -2.07. The molecule has 0 spiro atoms. The molecule has 0 fully saturated rings. The first kappa shape index (κ1) is 12.5. The molecule has 3 N–H and O–H groups in total. The lowest BCUT2D eigenvalue weighted by atomic mass is 10.1. The Morgan fingerprint density at radius 2 is 2.19 bits per heavy atom. The predicted octanol–water partition coefficient (Wildman–Crippen LogP) is 1.07. The van der Waals surface area contributed by atoms with E-state index in [4.69, 9.17) is 5.11 Å². The Kier molecular flexibility index (Phi) is 4.79. The van der Waals surface area contributed by atoms with Crippen molar-refractivity contribution in [2.24, 2.45) is 0 Å². The van der Waals surface area contributed by atoms with Crippen molar-refractivity contribution in [3.05, 3.63) is 29.3 Å². The Labute approximate surface area is 94.9 Å². The summed E-state index contributed by atoms with van der Waals surface area (Å²) in [6.07, 6.45) is 1.33. The largest absolute Gasteiger partial charge is 0.507 e. The molecule has 0 aliphatic carbocycles. The Balaban J connectivity index is 2.73. The van der Waals surface area contributed by atoms with Crippen LogP contribution in [-0.4, -0.2) is 29.3 Å². The number of benzene rings is 1. The number of carbonyl (C=O) groups is 1. The van der Waals surface area contributed by atoms with Crippen LogP contribution in [0.25, 0.3) is 0 Å². The maximum atomic E-state index is 11.7. The molecule has 1 aromatic carbocycles. The third-order valence-corrected chi connectivity index (χ3v) is 2.33. The monoisotopic (exact) mass is 223 g/mol. The maximum Gasteiger partial charge on any atom is 0.255 e. The van der Waals surface area contributed by atoms with Crippen LogP contribution < -0.4 is 5.32 Å². The second-order valence-corrected chi connectivity index (χ2v) is 3.54. The number of aromatic hydroxyl groups is 1. The van der Waals surface area contributed by atoms with Gasteiger partial charge in [0.1, 0.15) is 5.75 Å². The highest BCUT2D eigenvalue weighted by molar-refractivity contribution is 5.96. The highest BCUT2D eigenvalue weighted by atomic mass is 16.3. The number of amides is 1. The van der Waals surface area contributed by atoms with Crippen molar-refractivity contribution in [1.29, 1.82) is 0 Å². The van der Waals surface area contributed by atoms with E-state index in [-0.39, 0.29) is 23.8 Å². The van der Waals surface area contributed by atoms with Gasteiger partial charge in [-0.2, -0.15) is 0 Å². The quantitative estimate of drug-likeness (QED) is 0.654. The average Bonchev–Trinajstić information content (AvgIpc) is 2.30. The van der Waals surface area contributed by atoms with Crippen molar-refractivity contribution in [2.75, 3.05) is 13.2 Å². The van der Waals surface area contributed by atoms with E-state index in [9.17, 15) is 9.90 Å². The first-order valence-corrected chi connectivity index (χ1v) is 5.40. The standard InChI is InChI=1S/C12H17NO3/c1-2-9-4-5-11(15)10(8-9)12(16)13-6-3-7-14/h4-5,8,14-15H,2-3,6-7H2,1H3,(H,13,16). The summed E-state index contributed by atoms with van der Waals surface area (Å²) >= 11 is 0. The molecule has 4 nitrogen and oxygen atoms in total. The molecule has 1 aromatic rings. The summed E-state index contributed by atoms with van der Waals surface area (Å²) in [4.78, 5) is 11.7. The third-order valence-electron chi connectivity index (χ3n) is 2.33. The number of aryl methyl sites for hydroxylation is 1. The molecule has 1 amide bonds. The fourth-order valence-electron chi connectivity index (χ4n) is 1.36. The Hall–Kier alpha value is -1.55. The van der Waals surface area contributed by atoms with Crippen molar-refractivity contribution < 1.29 is 15.0 Å². The number of phenolic OH excluding ortho intramolecular Hbond substituents is 1. The Morgan fingerprint density at radius 1 is 1.44 bits per heavy atom. The third kappa shape index (κ3) is 3.24. The van der Waals surface area contributed by atoms with E-state index in [1.807, 2.05) is 6.92 Å². The zero-order chi connectivity index (χ0) is 12.0. The minimum atomic E-state index is -0.304. The van der Waals surface area contributed by atoms with E-state index < -0.39 is 0 Å². The van der Waals surface area contributed by atoms with Gasteiger partial charge in [-0.25, -0.2) is 0 Å². The summed E-state index contributed by atoms with van der Waals surface area (Å²) in [5.74, 6) is -0.319. The Morgan fingerprint density at radius 3 is 2.81 bits per heavy atom. The molecule has 16 heavy (non-hydrogen) atoms. The van der Waals surface area contributed by atoms with Crippen LogP contribution >= 0.6 is 0 Å². The average molecular weight is 223 g/mol. The van der Waals surface area contributed by atoms with Gasteiger partial charge in [0.05, 0.1) is 5.56 Å². The molecule has 0 bridgehead atoms. The van der Waals surface area contributed by atoms with Gasteiger partial charge in [0, 0.05) is 13.2 Å². The molecular weight excluding hydrogens is 206 g/mol. The maximum absolute atomic E-state index is 11.7. The van der Waals surface area contributed by atoms with Crippen LogP contribution in [0.3, 0.4) is 0 Å². The van der Waals surface area contributed by atoms with Crippen molar-refractivity contribution in [1.82, 2.24) is 5.32 Å². The predicted molar refractivity (Wildman–Crippen MR) is 61.5 cm³/mol. The van der Waals surface area contributed by atoms with Gasteiger partial charge in [-0.05, 0) is 30.5 Å². The zero-order valence-electron chi connectivity index (χ0n) is 9.36. The Bertz CT molecular complexity index is 363. The molecule has 88 valence electrons. The number of rotatable bonds is 5. The van der Waals surface area contributed by atoms with Crippen molar-refractivity contribution >= 4 is 5.91 Å². The first-order valence-electron chi connectivity index (χ1n) is 5.40. The minimum absolute atomic E-state index is 0.0151. The van der Waals surface area contributed by atoms with Crippen LogP contribution in [0, 0.1) is 0 Å². The number of phenols is 1. The van der Waals surface area contributed by atoms with Crippen LogP contribution in [0.4, 0.5) is 0 Å². The second kappa shape index (κ2) is 6.12. The van der Waals surface area contributed by atoms with Gasteiger partial charge in [-0.1, -0.05) is 13.0 Å². The number of hydrogen-bond acceptors (Lipinski definition) is 3. The van der Waals surface area contributed by atoms with E-state index in [1.165, 1.54) is 6.07 Å². The lowest BCUT2D eigenvalue weighted by Crippen LogP contribution is -2.25. The highest BCUT2D eigenvalue weighted by Gasteiger charge is 2.10. The number of carbonyl (C=O) groups excluding carboxylic acids is 1. The highest BCUT2D eigenvalue weighted by Crippen LogP contribution is 2.18. The summed E-state index contributed by atoms with van der Waals surface area (Å²) in [5, 5.41) is 20.8. The van der Waals surface area contributed by atoms with Crippen LogP contribution in [0.15, 0.2) is 18.2 Å². The molecule has 0 heterocycles. The topological polar surface area (TPSA) is 69.6 Å². The van der Waals surface area contributed by atoms with Gasteiger partial charge in [-0.15, -0.1) is 0 Å². The normalized spacial score (nSPS) is 10.1. The van der Waals surface area contributed by atoms with Crippen molar-refractivity contribution in [3.63, 3.8) is 0 Å². The summed E-state index contributed by atoms with van der Waals surface area (Å²) in [5.41, 5.74) is 1.29. The van der Waals surface area contributed by atoms with Gasteiger partial charge >= 0.3 is 0 Å². The van der Waals surface area contributed by atoms with Crippen molar-refractivity contribution in [3.8, 4) is 5.75 Å². The van der Waals surface area contributed by atoms with Crippen LogP contribution in [0.1, 0.15) is 29.3 Å². The molecule has 0 saturated carbocycles. The van der Waals surface area contributed by atoms with Crippen LogP contribution in [0.2, 0.25) is 0 Å². The number of nitrogens with one attached hydrogen (secondary N) is 1. The van der Waals surface area contributed by atoms with Gasteiger partial charge in [-0.3, -0.25) is 4.79 Å². The van der Waals surface area contributed by atoms with Gasteiger partial charge in [0.25, 0.3) is 5.91 Å². The van der Waals surface area contributed by atoms with Gasteiger partial charge in [0.2, 0.25) is 0 Å². The molecule has 4 heteroatoms. The fraction of sp³-hybridized carbons (Fsp3) is 0.417. The summed E-state index contributed by atoms with van der Waals surface area (Å²) < 4.78 is 0. The summed E-state index contributed by atoms with van der Waals surface area (Å²) in [6.45, 7) is 2.44. The molecule has 0 atom stereocenters. The lowest BCUT2D eigenvalue weighted by molar-refractivity contribution is 0.0948. The van der Waals surface area contributed by atoms with Gasteiger partial charge in [0.15, 0.2) is 0 Å². The molecule has 0 aliphatic rings. The van der Waals surface area contributed by atoms with Crippen LogP contribution in [-0.2, 0) is 6.42 Å². The van der Waals surface area contributed by atoms with E-state index in [1.54, 1.807) is 12.1 Å². The summed E-state index contributed by atoms with van der Waals surface area (Å²) in [7, 11) is 0. The van der Waals surface area contributed by atoms with Crippen LogP contribution in [0.5, 0.6) is 5.75 Å².